The second-order valence-corrected chi connectivity index (χ2v) is 17.3. The fourth-order valence-electron chi connectivity index (χ4n) is 8.28. The molecular formula is C36H34Cl2Si. The molecule has 3 heteroatoms. The van der Waals surface area contributed by atoms with E-state index in [2.05, 4.69) is 136 Å². The molecule has 0 saturated carbocycles. The fraction of sp³-hybridized carbons (Fsp3) is 0.222. The van der Waals surface area contributed by atoms with E-state index in [1.807, 2.05) is 0 Å². The quantitative estimate of drug-likeness (QED) is 0.324. The van der Waals surface area contributed by atoms with Gasteiger partial charge in [-0.2, -0.15) is 0 Å². The predicted molar refractivity (Wildman–Crippen MR) is 171 cm³/mol. The molecule has 2 atom stereocenters. The molecule has 0 heterocycles. The van der Waals surface area contributed by atoms with Gasteiger partial charge in [0.1, 0.15) is 0 Å². The van der Waals surface area contributed by atoms with E-state index in [4.69, 9.17) is 23.2 Å². The average Bonchev–Trinajstić information content (AvgIpc) is 3.11. The third-order valence-electron chi connectivity index (χ3n) is 9.59. The van der Waals surface area contributed by atoms with Crippen LogP contribution in [0.1, 0.15) is 37.8 Å². The van der Waals surface area contributed by atoms with E-state index in [1.165, 1.54) is 44.6 Å². The van der Waals surface area contributed by atoms with Gasteiger partial charge in [0.15, 0.2) is 0 Å². The van der Waals surface area contributed by atoms with Crippen LogP contribution in [-0.4, -0.2) is 8.07 Å². The van der Waals surface area contributed by atoms with E-state index in [0.717, 1.165) is 22.9 Å². The van der Waals surface area contributed by atoms with E-state index in [-0.39, 0.29) is 10.1 Å². The van der Waals surface area contributed by atoms with Gasteiger partial charge >= 0.3 is 0 Å². The number of benzene rings is 2. The first kappa shape index (κ1) is 26.4. The number of halogens is 2. The van der Waals surface area contributed by atoms with Gasteiger partial charge < -0.3 is 0 Å². The van der Waals surface area contributed by atoms with Crippen molar-refractivity contribution in [3.63, 3.8) is 0 Å². The zero-order valence-electron chi connectivity index (χ0n) is 23.1. The van der Waals surface area contributed by atoms with Crippen molar-refractivity contribution in [1.82, 2.24) is 0 Å². The monoisotopic (exact) mass is 564 g/mol. The molecule has 196 valence electrons. The van der Waals surface area contributed by atoms with Crippen molar-refractivity contribution in [2.75, 3.05) is 0 Å². The van der Waals surface area contributed by atoms with Gasteiger partial charge in [-0.15, -0.1) is 0 Å². The topological polar surface area (TPSA) is 0 Å². The first-order chi connectivity index (χ1) is 18.7. The predicted octanol–water partition coefficient (Wildman–Crippen LogP) is 10.5. The summed E-state index contributed by atoms with van der Waals surface area (Å²) in [7, 11) is -2.54. The lowest BCUT2D eigenvalue weighted by atomic mass is 9.84. The van der Waals surface area contributed by atoms with Crippen LogP contribution >= 0.6 is 23.2 Å². The van der Waals surface area contributed by atoms with Crippen molar-refractivity contribution < 1.29 is 0 Å². The summed E-state index contributed by atoms with van der Waals surface area (Å²) in [5, 5.41) is 1.01. The molecule has 0 amide bonds. The minimum atomic E-state index is -2.54. The van der Waals surface area contributed by atoms with Crippen LogP contribution in [0.5, 0.6) is 0 Å². The molecule has 0 aromatic heterocycles. The van der Waals surface area contributed by atoms with Gasteiger partial charge in [0.2, 0.25) is 0 Å². The van der Waals surface area contributed by atoms with Crippen LogP contribution in [0.4, 0.5) is 0 Å². The number of rotatable bonds is 4. The van der Waals surface area contributed by atoms with Crippen LogP contribution in [0.25, 0.3) is 0 Å². The Balaban J connectivity index is 1.75. The Morgan fingerprint density at radius 1 is 0.590 bits per heavy atom. The number of hydrogen-bond donors (Lipinski definition) is 0. The SMILES string of the molecule is CC1=CC2=C(C=CC=CC2)C1(c1ccc(Cl)cc1)[Si](C)(C)C1(c2ccc(Cl)cc2)C(C)=CC2=C1C=CC=CC2. The Bertz CT molecular complexity index is 1470. The van der Waals surface area contributed by atoms with Gasteiger partial charge in [0.25, 0.3) is 0 Å². The third-order valence-corrected chi connectivity index (χ3v) is 15.7. The van der Waals surface area contributed by atoms with Crippen molar-refractivity contribution >= 4 is 31.3 Å². The average molecular weight is 566 g/mol. The molecule has 0 radical (unpaired) electrons. The van der Waals surface area contributed by atoms with Gasteiger partial charge in [-0.1, -0.05) is 132 Å². The van der Waals surface area contributed by atoms with Crippen LogP contribution < -0.4 is 0 Å². The summed E-state index contributed by atoms with van der Waals surface area (Å²) in [5.41, 5.74) is 11.2. The standard InChI is InChI=1S/C36H34Cl2Si/c1-25-23-27-11-7-5-9-13-33(27)35(25,29-15-19-31(37)20-16-29)39(3,4)36(30-17-21-32(38)22-18-30)26(2)24-28-12-8-6-10-14-34(28)36/h5-10,13-24H,11-12H2,1-4H3. The van der Waals surface area contributed by atoms with Gasteiger partial charge in [0, 0.05) is 20.1 Å². The van der Waals surface area contributed by atoms with Crippen molar-refractivity contribution in [1.29, 1.82) is 0 Å². The molecule has 4 aliphatic carbocycles. The van der Waals surface area contributed by atoms with Crippen LogP contribution in [0.2, 0.25) is 23.1 Å². The Kier molecular flexibility index (Phi) is 6.54. The second kappa shape index (κ2) is 9.66. The van der Waals surface area contributed by atoms with E-state index in [0.29, 0.717) is 0 Å². The van der Waals surface area contributed by atoms with Gasteiger partial charge in [-0.25, -0.2) is 0 Å². The molecule has 2 aromatic rings. The molecule has 0 aliphatic heterocycles. The van der Waals surface area contributed by atoms with E-state index >= 15 is 0 Å². The van der Waals surface area contributed by atoms with Crippen molar-refractivity contribution in [3.05, 3.63) is 164 Å². The molecule has 0 nitrogen and oxygen atoms in total. The molecule has 6 rings (SSSR count). The molecule has 0 spiro atoms. The van der Waals surface area contributed by atoms with Gasteiger partial charge in [-0.3, -0.25) is 0 Å². The number of hydrogen-bond acceptors (Lipinski definition) is 0. The molecule has 0 N–H and O–H groups in total. The molecule has 2 unspecified atom stereocenters. The smallest absolute Gasteiger partial charge is 0.0843 e. The molecular weight excluding hydrogens is 531 g/mol. The largest absolute Gasteiger partial charge is 0.0907 e. The lowest BCUT2D eigenvalue weighted by molar-refractivity contribution is 0.714. The highest BCUT2D eigenvalue weighted by Gasteiger charge is 2.66. The summed E-state index contributed by atoms with van der Waals surface area (Å²) in [5.74, 6) is 0. The minimum absolute atomic E-state index is 0.264. The summed E-state index contributed by atoms with van der Waals surface area (Å²) in [6.45, 7) is 9.96. The van der Waals surface area contributed by atoms with E-state index in [1.54, 1.807) is 0 Å². The molecule has 39 heavy (non-hydrogen) atoms. The fourth-order valence-corrected chi connectivity index (χ4v) is 14.8. The second-order valence-electron chi connectivity index (χ2n) is 11.7. The van der Waals surface area contributed by atoms with Crippen molar-refractivity contribution in [2.24, 2.45) is 0 Å². The summed E-state index contributed by atoms with van der Waals surface area (Å²) in [6.07, 6.45) is 25.0. The highest BCUT2D eigenvalue weighted by molar-refractivity contribution is 6.86. The van der Waals surface area contributed by atoms with Crippen LogP contribution in [-0.2, 0) is 10.1 Å². The van der Waals surface area contributed by atoms with Crippen LogP contribution in [0.3, 0.4) is 0 Å². The molecule has 0 saturated heterocycles. The molecule has 4 aliphatic rings. The maximum Gasteiger partial charge on any atom is 0.0907 e. The van der Waals surface area contributed by atoms with Gasteiger partial charge in [-0.05, 0) is 84.4 Å². The maximum absolute atomic E-state index is 6.49. The first-order valence-corrected chi connectivity index (χ1v) is 17.5. The van der Waals surface area contributed by atoms with Crippen molar-refractivity contribution in [2.45, 2.75) is 49.9 Å². The van der Waals surface area contributed by atoms with Crippen LogP contribution in [0, 0.1) is 0 Å². The minimum Gasteiger partial charge on any atom is -0.0843 e. The highest BCUT2D eigenvalue weighted by Crippen LogP contribution is 2.64. The summed E-state index contributed by atoms with van der Waals surface area (Å²) < 4.78 is 0. The van der Waals surface area contributed by atoms with E-state index in [9.17, 15) is 0 Å². The summed E-state index contributed by atoms with van der Waals surface area (Å²) >= 11 is 13.0. The Hall–Kier alpha value is -2.84. The lowest BCUT2D eigenvalue weighted by Gasteiger charge is -2.57. The number of allylic oxidation sites excluding steroid dienone is 16. The Labute approximate surface area is 244 Å². The molecule has 2 aromatic carbocycles. The zero-order chi connectivity index (χ0) is 27.4. The maximum atomic E-state index is 6.49. The van der Waals surface area contributed by atoms with Crippen molar-refractivity contribution in [3.8, 4) is 0 Å². The first-order valence-electron chi connectivity index (χ1n) is 13.8. The Morgan fingerprint density at radius 3 is 1.36 bits per heavy atom. The molecule has 0 bridgehead atoms. The normalized spacial score (nSPS) is 25.9. The lowest BCUT2D eigenvalue weighted by Crippen LogP contribution is -2.66. The van der Waals surface area contributed by atoms with Gasteiger partial charge in [0.05, 0.1) is 8.07 Å². The van der Waals surface area contributed by atoms with E-state index < -0.39 is 8.07 Å². The highest BCUT2D eigenvalue weighted by atomic mass is 35.5. The van der Waals surface area contributed by atoms with Crippen LogP contribution in [0.15, 0.2) is 143 Å². The molecule has 0 fully saturated rings. The summed E-state index contributed by atoms with van der Waals surface area (Å²) in [6, 6.07) is 17.4. The summed E-state index contributed by atoms with van der Waals surface area (Å²) in [4.78, 5) is 0. The Morgan fingerprint density at radius 2 is 0.974 bits per heavy atom. The zero-order valence-corrected chi connectivity index (χ0v) is 25.6. The third kappa shape index (κ3) is 3.63.